The number of carbonyl (C=O) groups is 1. The molecule has 1 heterocycles. The summed E-state index contributed by atoms with van der Waals surface area (Å²) in [5.41, 5.74) is 1.93. The Morgan fingerprint density at radius 3 is 2.64 bits per heavy atom. The highest BCUT2D eigenvalue weighted by Crippen LogP contribution is 2.27. The lowest BCUT2D eigenvalue weighted by Gasteiger charge is -2.23. The molecule has 1 aliphatic heterocycles. The average molecular weight is 358 g/mol. The number of hydrogen-bond acceptors (Lipinski definition) is 1. The minimum absolute atomic E-state index is 0.00562. The molecule has 0 N–H and O–H groups in total. The second kappa shape index (κ2) is 8.30. The van der Waals surface area contributed by atoms with Gasteiger partial charge in [0.25, 0.3) is 0 Å². The van der Waals surface area contributed by atoms with Crippen LogP contribution in [-0.2, 0) is 4.79 Å². The highest BCUT2D eigenvalue weighted by molar-refractivity contribution is 6.32. The Bertz CT molecular complexity index is 757. The first-order chi connectivity index (χ1) is 12.1. The predicted molar refractivity (Wildman–Crippen MR) is 100 cm³/mol. The van der Waals surface area contributed by atoms with E-state index in [4.69, 9.17) is 11.6 Å². The van der Waals surface area contributed by atoms with Crippen LogP contribution in [-0.4, -0.2) is 23.9 Å². The van der Waals surface area contributed by atoms with E-state index in [-0.39, 0.29) is 17.6 Å². The maximum atomic E-state index is 13.1. The van der Waals surface area contributed by atoms with Crippen LogP contribution in [0.15, 0.2) is 54.6 Å². The van der Waals surface area contributed by atoms with E-state index < -0.39 is 0 Å². The second-order valence-electron chi connectivity index (χ2n) is 6.38. The average Bonchev–Trinajstić information content (AvgIpc) is 2.88. The van der Waals surface area contributed by atoms with Gasteiger partial charge in [0, 0.05) is 30.1 Å². The minimum Gasteiger partial charge on any atom is -0.339 e. The molecule has 130 valence electrons. The lowest BCUT2D eigenvalue weighted by molar-refractivity contribution is -0.126. The van der Waals surface area contributed by atoms with Gasteiger partial charge in [0.05, 0.1) is 0 Å². The van der Waals surface area contributed by atoms with Crippen LogP contribution in [0.25, 0.3) is 6.08 Å². The van der Waals surface area contributed by atoms with Gasteiger partial charge in [0.2, 0.25) is 5.91 Å². The third-order valence-corrected chi connectivity index (χ3v) is 4.98. The maximum absolute atomic E-state index is 13.1. The van der Waals surface area contributed by atoms with E-state index in [9.17, 15) is 9.18 Å². The molecule has 25 heavy (non-hydrogen) atoms. The molecule has 2 nitrogen and oxygen atoms in total. The monoisotopic (exact) mass is 357 g/mol. The molecule has 0 aliphatic carbocycles. The van der Waals surface area contributed by atoms with Crippen molar-refractivity contribution in [1.82, 2.24) is 4.90 Å². The summed E-state index contributed by atoms with van der Waals surface area (Å²) < 4.78 is 13.1. The molecular formula is C21H21ClFNO. The van der Waals surface area contributed by atoms with Crippen molar-refractivity contribution in [1.29, 1.82) is 0 Å². The number of rotatable bonds is 3. The Morgan fingerprint density at radius 1 is 1.12 bits per heavy atom. The smallest absolute Gasteiger partial charge is 0.246 e. The summed E-state index contributed by atoms with van der Waals surface area (Å²) in [5.74, 6) is 0.0164. The third-order valence-electron chi connectivity index (χ3n) is 4.64. The molecule has 1 amide bonds. The van der Waals surface area contributed by atoms with E-state index in [1.807, 2.05) is 41.3 Å². The van der Waals surface area contributed by atoms with Crippen LogP contribution in [0.5, 0.6) is 0 Å². The highest BCUT2D eigenvalue weighted by atomic mass is 35.5. The van der Waals surface area contributed by atoms with Gasteiger partial charge in [-0.25, -0.2) is 4.39 Å². The first-order valence-corrected chi connectivity index (χ1v) is 8.98. The van der Waals surface area contributed by atoms with Gasteiger partial charge < -0.3 is 4.90 Å². The third kappa shape index (κ3) is 4.70. The summed E-state index contributed by atoms with van der Waals surface area (Å²) in [6.07, 6.45) is 6.43. The van der Waals surface area contributed by atoms with Gasteiger partial charge in [-0.1, -0.05) is 48.4 Å². The summed E-state index contributed by atoms with van der Waals surface area (Å²) in [7, 11) is 0. The van der Waals surface area contributed by atoms with Gasteiger partial charge in [-0.05, 0) is 48.2 Å². The number of hydrogen-bond donors (Lipinski definition) is 0. The summed E-state index contributed by atoms with van der Waals surface area (Å²) in [4.78, 5) is 14.5. The molecule has 4 heteroatoms. The van der Waals surface area contributed by atoms with E-state index >= 15 is 0 Å². The van der Waals surface area contributed by atoms with Crippen molar-refractivity contribution in [2.24, 2.45) is 0 Å². The van der Waals surface area contributed by atoms with Crippen molar-refractivity contribution in [3.63, 3.8) is 0 Å². The Labute approximate surface area is 152 Å². The molecule has 3 rings (SSSR count). The van der Waals surface area contributed by atoms with Crippen molar-refractivity contribution in [2.45, 2.75) is 25.2 Å². The van der Waals surface area contributed by atoms with Crippen molar-refractivity contribution >= 4 is 23.6 Å². The normalized spacial score (nSPS) is 18.3. The molecule has 0 spiro atoms. The largest absolute Gasteiger partial charge is 0.339 e. The van der Waals surface area contributed by atoms with E-state index in [2.05, 4.69) is 0 Å². The summed E-state index contributed by atoms with van der Waals surface area (Å²) in [6.45, 7) is 1.42. The van der Waals surface area contributed by atoms with Crippen molar-refractivity contribution in [2.75, 3.05) is 13.1 Å². The van der Waals surface area contributed by atoms with E-state index in [1.165, 1.54) is 12.1 Å². The Morgan fingerprint density at radius 2 is 1.88 bits per heavy atom. The number of halogens is 2. The van der Waals surface area contributed by atoms with Crippen LogP contribution in [0.2, 0.25) is 5.02 Å². The van der Waals surface area contributed by atoms with Crippen LogP contribution >= 0.6 is 11.6 Å². The van der Waals surface area contributed by atoms with E-state index in [0.29, 0.717) is 11.6 Å². The zero-order chi connectivity index (χ0) is 17.6. The fourth-order valence-corrected chi connectivity index (χ4v) is 3.42. The highest BCUT2D eigenvalue weighted by Gasteiger charge is 2.22. The van der Waals surface area contributed by atoms with E-state index in [1.54, 1.807) is 12.2 Å². The van der Waals surface area contributed by atoms with Gasteiger partial charge in [-0.3, -0.25) is 4.79 Å². The lowest BCUT2D eigenvalue weighted by atomic mass is 9.94. The van der Waals surface area contributed by atoms with Gasteiger partial charge in [-0.15, -0.1) is 0 Å². The number of benzene rings is 2. The van der Waals surface area contributed by atoms with E-state index in [0.717, 1.165) is 36.9 Å². The zero-order valence-corrected chi connectivity index (χ0v) is 14.8. The zero-order valence-electron chi connectivity index (χ0n) is 14.0. The van der Waals surface area contributed by atoms with Crippen LogP contribution in [0.4, 0.5) is 4.39 Å². The number of carbonyl (C=O) groups excluding carboxylic acids is 1. The van der Waals surface area contributed by atoms with Crippen LogP contribution in [0.1, 0.15) is 36.3 Å². The molecule has 2 aromatic rings. The van der Waals surface area contributed by atoms with Gasteiger partial charge >= 0.3 is 0 Å². The standard InChI is InChI=1S/C21H21ClFNO/c22-20-7-2-1-5-17(20)10-13-21(25)24-14-4-3-6-18(15-24)16-8-11-19(23)12-9-16/h1-2,5,7-13,18H,3-4,6,14-15H2/b13-10+. The van der Waals surface area contributed by atoms with Crippen molar-refractivity contribution in [3.8, 4) is 0 Å². The number of nitrogens with zero attached hydrogens (tertiary/aromatic N) is 1. The first kappa shape index (κ1) is 17.7. The van der Waals surface area contributed by atoms with Crippen LogP contribution in [0, 0.1) is 5.82 Å². The minimum atomic E-state index is -0.229. The summed E-state index contributed by atoms with van der Waals surface area (Å²) in [5, 5.41) is 0.631. The van der Waals surface area contributed by atoms with Crippen molar-refractivity contribution in [3.05, 3.63) is 76.6 Å². The molecule has 0 bridgehead atoms. The predicted octanol–water partition coefficient (Wildman–Crippen LogP) is 5.29. The van der Waals surface area contributed by atoms with Crippen molar-refractivity contribution < 1.29 is 9.18 Å². The Hall–Kier alpha value is -2.13. The topological polar surface area (TPSA) is 20.3 Å². The Balaban J connectivity index is 1.71. The number of likely N-dealkylation sites (tertiary alicyclic amines) is 1. The fraction of sp³-hybridized carbons (Fsp3) is 0.286. The molecule has 2 aromatic carbocycles. The summed E-state index contributed by atoms with van der Waals surface area (Å²) in [6, 6.07) is 14.1. The molecule has 1 unspecified atom stereocenters. The van der Waals surface area contributed by atoms with Gasteiger partial charge in [-0.2, -0.15) is 0 Å². The fourth-order valence-electron chi connectivity index (χ4n) is 3.23. The quantitative estimate of drug-likeness (QED) is 0.683. The molecule has 1 atom stereocenters. The van der Waals surface area contributed by atoms with Crippen LogP contribution < -0.4 is 0 Å². The lowest BCUT2D eigenvalue weighted by Crippen LogP contribution is -2.32. The van der Waals surface area contributed by atoms with Crippen LogP contribution in [0.3, 0.4) is 0 Å². The molecule has 1 fully saturated rings. The molecule has 1 saturated heterocycles. The molecular weight excluding hydrogens is 337 g/mol. The second-order valence-corrected chi connectivity index (χ2v) is 6.79. The van der Waals surface area contributed by atoms with Gasteiger partial charge in [0.15, 0.2) is 0 Å². The SMILES string of the molecule is O=C(/C=C/c1ccccc1Cl)N1CCCCC(c2ccc(F)cc2)C1. The molecule has 0 aromatic heterocycles. The first-order valence-electron chi connectivity index (χ1n) is 8.60. The molecule has 0 radical (unpaired) electrons. The maximum Gasteiger partial charge on any atom is 0.246 e. The Kier molecular flexibility index (Phi) is 5.87. The molecule has 0 saturated carbocycles. The molecule has 1 aliphatic rings. The number of amides is 1. The summed E-state index contributed by atoms with van der Waals surface area (Å²) >= 11 is 6.13. The van der Waals surface area contributed by atoms with Gasteiger partial charge in [0.1, 0.15) is 5.82 Å².